The number of aliphatic hydroxyl groups excluding tert-OH is 1. The Labute approximate surface area is 76.4 Å². The zero-order valence-corrected chi connectivity index (χ0v) is 8.02. The Hall–Kier alpha value is -0.100. The summed E-state index contributed by atoms with van der Waals surface area (Å²) in [7, 11) is -1.24. The number of rotatable bonds is 4. The van der Waals surface area contributed by atoms with E-state index in [0.29, 0.717) is 0 Å². The van der Waals surface area contributed by atoms with Crippen molar-refractivity contribution in [2.45, 2.75) is 18.3 Å². The molecule has 1 saturated heterocycles. The molecule has 7 heteroatoms. The van der Waals surface area contributed by atoms with Crippen molar-refractivity contribution in [3.8, 4) is 0 Å². The maximum Gasteiger partial charge on any atom is 0.695 e. The van der Waals surface area contributed by atoms with Crippen LogP contribution in [0.3, 0.4) is 0 Å². The molecule has 13 heavy (non-hydrogen) atoms. The first-order chi connectivity index (χ1) is 6.19. The molecule has 2 N–H and O–H groups in total. The molecule has 0 spiro atoms. The van der Waals surface area contributed by atoms with Gasteiger partial charge < -0.3 is 14.6 Å². The van der Waals surface area contributed by atoms with Crippen molar-refractivity contribution in [3.63, 3.8) is 0 Å². The molecule has 3 unspecified atom stereocenters. The first-order valence-electron chi connectivity index (χ1n) is 3.77. The van der Waals surface area contributed by atoms with E-state index in [2.05, 4.69) is 4.52 Å². The minimum Gasteiger partial charge on any atom is -0.394 e. The fraction of sp³-hybridized carbons (Fsp3) is 1.00. The van der Waals surface area contributed by atoms with Crippen molar-refractivity contribution in [3.05, 3.63) is 0 Å². The number of methoxy groups -OCH3 is 1. The summed E-state index contributed by atoms with van der Waals surface area (Å²) in [5, 5.41) is 8.83. The summed E-state index contributed by atoms with van der Waals surface area (Å²) in [6.45, 7) is 0.00324. The van der Waals surface area contributed by atoms with Crippen LogP contribution in [0.2, 0.25) is 0 Å². The van der Waals surface area contributed by atoms with Crippen LogP contribution in [0.25, 0.3) is 0 Å². The van der Waals surface area contributed by atoms with E-state index in [9.17, 15) is 4.57 Å². The zero-order valence-electron chi connectivity index (χ0n) is 7.12. The van der Waals surface area contributed by atoms with Gasteiger partial charge in [0, 0.05) is 11.7 Å². The summed E-state index contributed by atoms with van der Waals surface area (Å²) in [6, 6.07) is 0. The van der Waals surface area contributed by atoms with Crippen molar-refractivity contribution in [2.75, 3.05) is 20.3 Å². The highest BCUT2D eigenvalue weighted by Crippen LogP contribution is 2.28. The molecule has 0 saturated carbocycles. The first-order valence-corrected chi connectivity index (χ1v) is 4.90. The van der Waals surface area contributed by atoms with Crippen LogP contribution in [0, 0.1) is 0 Å². The average molecular weight is 211 g/mol. The fourth-order valence-electron chi connectivity index (χ4n) is 1.25. The van der Waals surface area contributed by atoms with Crippen LogP contribution >= 0.6 is 8.25 Å². The van der Waals surface area contributed by atoms with Crippen molar-refractivity contribution in [2.24, 2.45) is 0 Å². The lowest BCUT2D eigenvalue weighted by atomic mass is 10.1. The maximum absolute atomic E-state index is 10.4. The summed E-state index contributed by atoms with van der Waals surface area (Å²) < 4.78 is 25.1. The Bertz CT molecular complexity index is 174. The van der Waals surface area contributed by atoms with Gasteiger partial charge in [0.05, 0.1) is 13.2 Å². The largest absolute Gasteiger partial charge is 0.695 e. The van der Waals surface area contributed by atoms with Gasteiger partial charge in [0.2, 0.25) is 0 Å². The van der Waals surface area contributed by atoms with Crippen molar-refractivity contribution >= 4 is 8.25 Å². The Morgan fingerprint density at radius 3 is 2.85 bits per heavy atom. The molecule has 6 nitrogen and oxygen atoms in total. The van der Waals surface area contributed by atoms with Gasteiger partial charge in [-0.25, -0.2) is 0 Å². The van der Waals surface area contributed by atoms with Gasteiger partial charge in [-0.1, -0.05) is 0 Å². The molecule has 0 amide bonds. The molecule has 4 atom stereocenters. The third-order valence-electron chi connectivity index (χ3n) is 1.90. The van der Waals surface area contributed by atoms with Crippen molar-refractivity contribution in [1.29, 1.82) is 0 Å². The minimum atomic E-state index is -2.70. The number of aliphatic hydroxyl groups is 1. The van der Waals surface area contributed by atoms with Gasteiger partial charge in [0.25, 0.3) is 0 Å². The average Bonchev–Trinajstić information content (AvgIpc) is 2.46. The molecule has 0 radical (unpaired) electrons. The molecule has 76 valence electrons. The molecule has 0 aromatic carbocycles. The van der Waals surface area contributed by atoms with Crippen LogP contribution in [-0.2, 0) is 18.6 Å². The third kappa shape index (κ3) is 2.67. The number of hydrogen-bond donors (Lipinski definition) is 2. The lowest BCUT2D eigenvalue weighted by Gasteiger charge is -2.13. The summed E-state index contributed by atoms with van der Waals surface area (Å²) in [5.74, 6) is 0. The summed E-state index contributed by atoms with van der Waals surface area (Å²) in [6.07, 6.45) is -1.66. The van der Waals surface area contributed by atoms with Crippen LogP contribution in [0.5, 0.6) is 0 Å². The minimum absolute atomic E-state index is 0.256. The van der Waals surface area contributed by atoms with Crippen molar-refractivity contribution < 1.29 is 28.6 Å². The van der Waals surface area contributed by atoms with Crippen LogP contribution in [0.1, 0.15) is 0 Å². The summed E-state index contributed by atoms with van der Waals surface area (Å²) in [4.78, 5) is 8.53. The van der Waals surface area contributed by atoms with Gasteiger partial charge in [-0.3, -0.25) is 0 Å². The summed E-state index contributed by atoms with van der Waals surface area (Å²) >= 11 is 0. The maximum atomic E-state index is 10.4. The first kappa shape index (κ1) is 11.0. The number of hydrogen-bond acceptors (Lipinski definition) is 5. The van der Waals surface area contributed by atoms with E-state index in [-0.39, 0.29) is 13.2 Å². The second kappa shape index (κ2) is 4.95. The normalized spacial score (nSPS) is 35.0. The molecule has 1 heterocycles. The van der Waals surface area contributed by atoms with Gasteiger partial charge >= 0.3 is 8.25 Å². The van der Waals surface area contributed by atoms with E-state index in [1.54, 1.807) is 0 Å². The fourth-order valence-corrected chi connectivity index (χ4v) is 1.73. The Balaban J connectivity index is 2.56. The topological polar surface area (TPSA) is 85.2 Å². The van der Waals surface area contributed by atoms with Crippen LogP contribution in [-0.4, -0.2) is 48.6 Å². The van der Waals surface area contributed by atoms with E-state index in [1.807, 2.05) is 0 Å². The molecule has 0 aliphatic carbocycles. The Morgan fingerprint density at radius 1 is 1.69 bits per heavy atom. The molecular weight excluding hydrogens is 199 g/mol. The highest BCUT2D eigenvalue weighted by Gasteiger charge is 2.43. The lowest BCUT2D eigenvalue weighted by molar-refractivity contribution is -0.00107. The van der Waals surface area contributed by atoms with E-state index in [0.717, 1.165) is 0 Å². The molecule has 1 aliphatic rings. The van der Waals surface area contributed by atoms with E-state index < -0.39 is 26.6 Å². The summed E-state index contributed by atoms with van der Waals surface area (Å²) in [5.41, 5.74) is 0. The standard InChI is InChI=1S/C6H11O6P/c1-10-5-3-11-4(2-7)6(5)12-13(8)9/h4-7H,2-3H2,1H3/p+1/t4?,5-,6?/m1/s1. The number of ether oxygens (including phenoxy) is 2. The SMILES string of the molecule is CO[C@@H]1COC(CO)C1O[P+](=O)O. The monoisotopic (exact) mass is 211 g/mol. The molecule has 0 aromatic heterocycles. The smallest absolute Gasteiger partial charge is 0.394 e. The molecule has 1 fully saturated rings. The second-order valence-corrected chi connectivity index (χ2v) is 3.32. The van der Waals surface area contributed by atoms with Crippen LogP contribution in [0.4, 0.5) is 0 Å². The van der Waals surface area contributed by atoms with Crippen LogP contribution in [0.15, 0.2) is 0 Å². The van der Waals surface area contributed by atoms with Gasteiger partial charge in [0.15, 0.2) is 6.10 Å². The molecule has 0 aromatic rings. The predicted octanol–water partition coefficient (Wildman–Crippen LogP) is -0.573. The zero-order chi connectivity index (χ0) is 9.84. The molecule has 1 rings (SSSR count). The Kier molecular flexibility index (Phi) is 4.18. The lowest BCUT2D eigenvalue weighted by Crippen LogP contribution is -2.34. The molecule has 0 bridgehead atoms. The highest BCUT2D eigenvalue weighted by molar-refractivity contribution is 7.32. The molecular formula is C6H12O6P+. The van der Waals surface area contributed by atoms with Crippen molar-refractivity contribution in [1.82, 2.24) is 0 Å². The van der Waals surface area contributed by atoms with E-state index >= 15 is 0 Å². The Morgan fingerprint density at radius 2 is 2.38 bits per heavy atom. The highest BCUT2D eigenvalue weighted by atomic mass is 31.1. The third-order valence-corrected chi connectivity index (χ3v) is 2.33. The van der Waals surface area contributed by atoms with E-state index in [1.165, 1.54) is 7.11 Å². The van der Waals surface area contributed by atoms with Crippen LogP contribution < -0.4 is 0 Å². The quantitative estimate of drug-likeness (QED) is 0.605. The van der Waals surface area contributed by atoms with Gasteiger partial charge in [-0.2, -0.15) is 0 Å². The molecule has 1 aliphatic heterocycles. The second-order valence-electron chi connectivity index (χ2n) is 2.64. The van der Waals surface area contributed by atoms with Gasteiger partial charge in [-0.05, 0) is 0 Å². The van der Waals surface area contributed by atoms with Gasteiger partial charge in [0.1, 0.15) is 12.2 Å². The van der Waals surface area contributed by atoms with Gasteiger partial charge in [-0.15, -0.1) is 9.42 Å². The van der Waals surface area contributed by atoms with E-state index in [4.69, 9.17) is 19.5 Å². The predicted molar refractivity (Wildman–Crippen MR) is 42.3 cm³/mol.